The molecule has 4 N–H and O–H groups in total. The summed E-state index contributed by atoms with van der Waals surface area (Å²) in [7, 11) is -2.42. The lowest BCUT2D eigenvalue weighted by molar-refractivity contribution is 0.0950. The maximum atomic E-state index is 12.9. The summed E-state index contributed by atoms with van der Waals surface area (Å²) in [6.07, 6.45) is 0. The van der Waals surface area contributed by atoms with E-state index in [4.69, 9.17) is 10.5 Å². The molecule has 3 amide bonds. The maximum Gasteiger partial charge on any atom is 0.316 e. The second-order valence-corrected chi connectivity index (χ2v) is 8.23. The van der Waals surface area contributed by atoms with Gasteiger partial charge in [0, 0.05) is 30.9 Å². The van der Waals surface area contributed by atoms with Crippen LogP contribution in [-0.4, -0.2) is 44.9 Å². The number of amides is 3. The summed E-state index contributed by atoms with van der Waals surface area (Å²) < 4.78 is 32.3. The van der Waals surface area contributed by atoms with Gasteiger partial charge in [-0.2, -0.15) is 4.31 Å². The highest BCUT2D eigenvalue weighted by Gasteiger charge is 2.26. The number of ether oxygens (including phenoxy) is 1. The van der Waals surface area contributed by atoms with E-state index in [1.807, 2.05) is 0 Å². The molecule has 2 rings (SSSR count). The van der Waals surface area contributed by atoms with E-state index in [9.17, 15) is 18.0 Å². The molecule has 0 aromatic heterocycles. The highest BCUT2D eigenvalue weighted by Crippen LogP contribution is 2.28. The van der Waals surface area contributed by atoms with E-state index in [1.54, 1.807) is 38.1 Å². The number of rotatable bonds is 9. The van der Waals surface area contributed by atoms with Gasteiger partial charge in [0.25, 0.3) is 5.91 Å². The Kier molecular flexibility index (Phi) is 7.79. The van der Waals surface area contributed by atoms with Crippen LogP contribution in [0.5, 0.6) is 5.75 Å². The molecule has 0 fully saturated rings. The molecule has 0 saturated carbocycles. The summed E-state index contributed by atoms with van der Waals surface area (Å²) in [4.78, 5) is 23.4. The molecule has 0 unspecified atom stereocenters. The van der Waals surface area contributed by atoms with Crippen molar-refractivity contribution in [3.05, 3.63) is 53.6 Å². The predicted molar refractivity (Wildman–Crippen MR) is 114 cm³/mol. The number of hydrogen-bond donors (Lipinski definition) is 3. The number of carbonyl (C=O) groups excluding carboxylic acids is 2. The summed E-state index contributed by atoms with van der Waals surface area (Å²) in [6, 6.07) is 10.4. The molecule has 30 heavy (non-hydrogen) atoms. The normalized spacial score (nSPS) is 11.2. The average Bonchev–Trinajstić information content (AvgIpc) is 2.72. The number of primary amides is 1. The summed E-state index contributed by atoms with van der Waals surface area (Å²) in [5, 5.41) is 5.20. The molecule has 0 heterocycles. The minimum atomic E-state index is -3.80. The number of anilines is 1. The first kappa shape index (κ1) is 23.2. The minimum Gasteiger partial charge on any atom is -0.495 e. The van der Waals surface area contributed by atoms with E-state index in [0.29, 0.717) is 18.8 Å². The molecule has 162 valence electrons. The molecular weight excluding hydrogens is 408 g/mol. The monoisotopic (exact) mass is 434 g/mol. The number of nitrogens with one attached hydrogen (secondary N) is 2. The Morgan fingerprint density at radius 2 is 1.70 bits per heavy atom. The second-order valence-electron chi connectivity index (χ2n) is 6.32. The highest BCUT2D eigenvalue weighted by atomic mass is 32.2. The van der Waals surface area contributed by atoms with Crippen LogP contribution in [0.2, 0.25) is 0 Å². The molecule has 2 aromatic rings. The van der Waals surface area contributed by atoms with Gasteiger partial charge in [0.15, 0.2) is 0 Å². The standard InChI is InChI=1S/C20H26N4O5S/c1-4-24(5-2)30(27,28)18-12-15(8-11-17(18)29-3)19(25)22-13-14-6-9-16(10-7-14)23-20(21)26/h6-12H,4-5,13H2,1-3H3,(H,22,25)(H3,21,23,26). The quantitative estimate of drug-likeness (QED) is 0.557. The number of methoxy groups -OCH3 is 1. The van der Waals surface area contributed by atoms with Gasteiger partial charge < -0.3 is 21.1 Å². The predicted octanol–water partition coefficient (Wildman–Crippen LogP) is 2.15. The van der Waals surface area contributed by atoms with Crippen molar-refractivity contribution in [2.45, 2.75) is 25.3 Å². The lowest BCUT2D eigenvalue weighted by Crippen LogP contribution is -2.31. The molecule has 0 bridgehead atoms. The van der Waals surface area contributed by atoms with Gasteiger partial charge in [-0.1, -0.05) is 26.0 Å². The van der Waals surface area contributed by atoms with Gasteiger partial charge in [0.1, 0.15) is 10.6 Å². The number of nitrogens with two attached hydrogens (primary N) is 1. The topological polar surface area (TPSA) is 131 Å². The van der Waals surface area contributed by atoms with Gasteiger partial charge in [-0.25, -0.2) is 13.2 Å². The Balaban J connectivity index is 2.19. The van der Waals surface area contributed by atoms with Crippen molar-refractivity contribution in [3.8, 4) is 5.75 Å². The van der Waals surface area contributed by atoms with Gasteiger partial charge >= 0.3 is 6.03 Å². The van der Waals surface area contributed by atoms with Gasteiger partial charge in [-0.15, -0.1) is 0 Å². The van der Waals surface area contributed by atoms with Gasteiger partial charge in [0.05, 0.1) is 7.11 Å². The molecular formula is C20H26N4O5S. The van der Waals surface area contributed by atoms with E-state index in [0.717, 1.165) is 5.56 Å². The van der Waals surface area contributed by atoms with E-state index in [2.05, 4.69) is 10.6 Å². The van der Waals surface area contributed by atoms with Crippen LogP contribution in [0.1, 0.15) is 29.8 Å². The molecule has 9 nitrogen and oxygen atoms in total. The molecule has 2 aromatic carbocycles. The van der Waals surface area contributed by atoms with Crippen LogP contribution in [-0.2, 0) is 16.6 Å². The van der Waals surface area contributed by atoms with Crippen LogP contribution in [0.25, 0.3) is 0 Å². The van der Waals surface area contributed by atoms with Gasteiger partial charge in [-0.3, -0.25) is 4.79 Å². The van der Waals surface area contributed by atoms with Crippen molar-refractivity contribution < 1.29 is 22.7 Å². The number of benzene rings is 2. The lowest BCUT2D eigenvalue weighted by Gasteiger charge is -2.20. The third-order valence-corrected chi connectivity index (χ3v) is 6.49. The van der Waals surface area contributed by atoms with Crippen molar-refractivity contribution in [2.75, 3.05) is 25.5 Å². The fourth-order valence-electron chi connectivity index (χ4n) is 2.85. The lowest BCUT2D eigenvalue weighted by atomic mass is 10.1. The fourth-order valence-corrected chi connectivity index (χ4v) is 4.49. The number of nitrogens with zero attached hydrogens (tertiary/aromatic N) is 1. The Bertz CT molecular complexity index is 1000. The third-order valence-electron chi connectivity index (χ3n) is 4.42. The van der Waals surface area contributed by atoms with Crippen molar-refractivity contribution >= 4 is 27.6 Å². The summed E-state index contributed by atoms with van der Waals surface area (Å²) in [5.74, 6) is -0.246. The first-order valence-electron chi connectivity index (χ1n) is 9.34. The van der Waals surface area contributed by atoms with Gasteiger partial charge in [0.2, 0.25) is 10.0 Å². The molecule has 0 saturated heterocycles. The van der Waals surface area contributed by atoms with Crippen LogP contribution in [0.4, 0.5) is 10.5 Å². The Labute approximate surface area is 176 Å². The van der Waals surface area contributed by atoms with E-state index < -0.39 is 22.0 Å². The number of hydrogen-bond acceptors (Lipinski definition) is 5. The summed E-state index contributed by atoms with van der Waals surface area (Å²) in [5.41, 5.74) is 6.60. The van der Waals surface area contributed by atoms with Crippen LogP contribution < -0.4 is 21.1 Å². The number of sulfonamides is 1. The Morgan fingerprint density at radius 1 is 1.07 bits per heavy atom. The summed E-state index contributed by atoms with van der Waals surface area (Å²) in [6.45, 7) is 4.32. The van der Waals surface area contributed by atoms with Crippen LogP contribution in [0, 0.1) is 0 Å². The molecule has 0 aliphatic rings. The minimum absolute atomic E-state index is 0.0526. The van der Waals surface area contributed by atoms with Crippen molar-refractivity contribution in [2.24, 2.45) is 5.73 Å². The average molecular weight is 435 g/mol. The molecule has 0 radical (unpaired) electrons. The number of carbonyl (C=O) groups is 2. The molecule has 0 spiro atoms. The van der Waals surface area contributed by atoms with Crippen molar-refractivity contribution in [1.29, 1.82) is 0 Å². The highest BCUT2D eigenvalue weighted by molar-refractivity contribution is 7.89. The van der Waals surface area contributed by atoms with E-state index >= 15 is 0 Å². The molecule has 0 aliphatic carbocycles. The first-order chi connectivity index (χ1) is 14.2. The third kappa shape index (κ3) is 5.49. The van der Waals surface area contributed by atoms with Crippen molar-refractivity contribution in [3.63, 3.8) is 0 Å². The van der Waals surface area contributed by atoms with Crippen LogP contribution in [0.15, 0.2) is 47.4 Å². The smallest absolute Gasteiger partial charge is 0.316 e. The maximum absolute atomic E-state index is 12.9. The van der Waals surface area contributed by atoms with E-state index in [1.165, 1.54) is 29.6 Å². The second kappa shape index (κ2) is 10.1. The first-order valence-corrected chi connectivity index (χ1v) is 10.8. The SMILES string of the molecule is CCN(CC)S(=O)(=O)c1cc(C(=O)NCc2ccc(NC(N)=O)cc2)ccc1OC. The zero-order chi connectivity index (χ0) is 22.3. The molecule has 0 aliphatic heterocycles. The Hall–Kier alpha value is -3.11. The largest absolute Gasteiger partial charge is 0.495 e. The van der Waals surface area contributed by atoms with E-state index in [-0.39, 0.29) is 22.8 Å². The molecule has 10 heteroatoms. The Morgan fingerprint density at radius 3 is 2.23 bits per heavy atom. The van der Waals surface area contributed by atoms with Crippen LogP contribution >= 0.6 is 0 Å². The summed E-state index contributed by atoms with van der Waals surface area (Å²) >= 11 is 0. The zero-order valence-corrected chi connectivity index (χ0v) is 18.0. The van der Waals surface area contributed by atoms with Gasteiger partial charge in [-0.05, 0) is 35.9 Å². The zero-order valence-electron chi connectivity index (χ0n) is 17.1. The fraction of sp³-hybridized carbons (Fsp3) is 0.300. The van der Waals surface area contributed by atoms with Crippen LogP contribution in [0.3, 0.4) is 0 Å². The molecule has 0 atom stereocenters. The van der Waals surface area contributed by atoms with Crippen molar-refractivity contribution in [1.82, 2.24) is 9.62 Å². The number of urea groups is 1.